The average molecular weight is 251 g/mol. The molecule has 0 spiro atoms. The van der Waals surface area contributed by atoms with Gasteiger partial charge in [0.15, 0.2) is 0 Å². The van der Waals surface area contributed by atoms with Gasteiger partial charge < -0.3 is 11.1 Å². The van der Waals surface area contributed by atoms with Crippen molar-refractivity contribution in [2.45, 2.75) is 40.8 Å². The number of hydrogen-bond donors (Lipinski definition) is 2. The molecule has 0 saturated heterocycles. The maximum absolute atomic E-state index is 5.47. The number of nitrogens with zero attached hydrogens (tertiary/aromatic N) is 3. The Morgan fingerprint density at radius 1 is 1.33 bits per heavy atom. The number of rotatable bonds is 6. The van der Waals surface area contributed by atoms with E-state index < -0.39 is 0 Å². The zero-order chi connectivity index (χ0) is 13.4. The molecule has 102 valence electrons. The summed E-state index contributed by atoms with van der Waals surface area (Å²) < 4.78 is 1.79. The SMILES string of the molecule is CC1(C)C(CNCc2cn(CCN)nn2)C1(C)C. The van der Waals surface area contributed by atoms with Crippen molar-refractivity contribution in [1.82, 2.24) is 20.3 Å². The summed E-state index contributed by atoms with van der Waals surface area (Å²) in [7, 11) is 0. The lowest BCUT2D eigenvalue weighted by molar-refractivity contribution is 0.457. The van der Waals surface area contributed by atoms with Gasteiger partial charge in [-0.25, -0.2) is 0 Å². The van der Waals surface area contributed by atoms with Gasteiger partial charge in [-0.3, -0.25) is 4.68 Å². The molecular weight excluding hydrogens is 226 g/mol. The zero-order valence-corrected chi connectivity index (χ0v) is 11.9. The van der Waals surface area contributed by atoms with Crippen LogP contribution in [0.4, 0.5) is 0 Å². The van der Waals surface area contributed by atoms with E-state index in [0.29, 0.717) is 17.4 Å². The maximum atomic E-state index is 5.47. The molecule has 5 nitrogen and oxygen atoms in total. The molecule has 1 aromatic rings. The minimum atomic E-state index is 0.442. The van der Waals surface area contributed by atoms with Crippen molar-refractivity contribution in [2.75, 3.05) is 13.1 Å². The van der Waals surface area contributed by atoms with E-state index in [1.54, 1.807) is 4.68 Å². The van der Waals surface area contributed by atoms with Crippen LogP contribution >= 0.6 is 0 Å². The Kier molecular flexibility index (Phi) is 3.47. The fourth-order valence-corrected chi connectivity index (χ4v) is 2.85. The van der Waals surface area contributed by atoms with Gasteiger partial charge in [0, 0.05) is 19.3 Å². The monoisotopic (exact) mass is 251 g/mol. The molecular formula is C13H25N5. The van der Waals surface area contributed by atoms with E-state index >= 15 is 0 Å². The van der Waals surface area contributed by atoms with Gasteiger partial charge in [-0.15, -0.1) is 5.10 Å². The van der Waals surface area contributed by atoms with Crippen molar-refractivity contribution in [3.63, 3.8) is 0 Å². The molecule has 1 heterocycles. The third kappa shape index (κ3) is 2.29. The summed E-state index contributed by atoms with van der Waals surface area (Å²) in [4.78, 5) is 0. The van der Waals surface area contributed by atoms with E-state index in [9.17, 15) is 0 Å². The molecule has 0 unspecified atom stereocenters. The van der Waals surface area contributed by atoms with E-state index in [4.69, 9.17) is 5.73 Å². The Labute approximate surface area is 109 Å². The van der Waals surface area contributed by atoms with Gasteiger partial charge in [0.2, 0.25) is 0 Å². The van der Waals surface area contributed by atoms with Crippen LogP contribution in [0.1, 0.15) is 33.4 Å². The third-order valence-electron chi connectivity index (χ3n) is 4.92. The predicted octanol–water partition coefficient (Wildman–Crippen LogP) is 1.01. The summed E-state index contributed by atoms with van der Waals surface area (Å²) in [5.41, 5.74) is 7.34. The molecule has 0 aliphatic heterocycles. The molecule has 0 aromatic carbocycles. The number of nitrogens with one attached hydrogen (secondary N) is 1. The van der Waals surface area contributed by atoms with Gasteiger partial charge >= 0.3 is 0 Å². The molecule has 2 rings (SSSR count). The molecule has 5 heteroatoms. The lowest BCUT2D eigenvalue weighted by Gasteiger charge is -2.04. The van der Waals surface area contributed by atoms with Crippen LogP contribution in [-0.4, -0.2) is 28.1 Å². The minimum absolute atomic E-state index is 0.442. The fourth-order valence-electron chi connectivity index (χ4n) is 2.85. The van der Waals surface area contributed by atoms with Gasteiger partial charge in [0.05, 0.1) is 12.2 Å². The van der Waals surface area contributed by atoms with Crippen LogP contribution in [0.3, 0.4) is 0 Å². The molecule has 1 fully saturated rings. The second-order valence-electron chi connectivity index (χ2n) is 6.39. The van der Waals surface area contributed by atoms with Crippen molar-refractivity contribution < 1.29 is 0 Å². The van der Waals surface area contributed by atoms with Crippen LogP contribution in [0.25, 0.3) is 0 Å². The lowest BCUT2D eigenvalue weighted by Crippen LogP contribution is -2.19. The van der Waals surface area contributed by atoms with E-state index in [-0.39, 0.29) is 0 Å². The van der Waals surface area contributed by atoms with Gasteiger partial charge in [0.1, 0.15) is 0 Å². The first-order chi connectivity index (χ1) is 8.39. The molecule has 1 aliphatic rings. The van der Waals surface area contributed by atoms with Crippen LogP contribution in [0.2, 0.25) is 0 Å². The fraction of sp³-hybridized carbons (Fsp3) is 0.846. The minimum Gasteiger partial charge on any atom is -0.329 e. The van der Waals surface area contributed by atoms with Gasteiger partial charge in [-0.2, -0.15) is 0 Å². The molecule has 0 bridgehead atoms. The lowest BCUT2D eigenvalue weighted by atomic mass is 10.0. The largest absolute Gasteiger partial charge is 0.329 e. The first-order valence-electron chi connectivity index (χ1n) is 6.69. The molecule has 3 N–H and O–H groups in total. The molecule has 1 aliphatic carbocycles. The summed E-state index contributed by atoms with van der Waals surface area (Å²) >= 11 is 0. The van der Waals surface area contributed by atoms with Crippen molar-refractivity contribution >= 4 is 0 Å². The van der Waals surface area contributed by atoms with Crippen molar-refractivity contribution in [3.8, 4) is 0 Å². The molecule has 1 saturated carbocycles. The predicted molar refractivity (Wildman–Crippen MR) is 71.8 cm³/mol. The Bertz CT molecular complexity index is 393. The average Bonchev–Trinajstić information content (AvgIpc) is 2.67. The van der Waals surface area contributed by atoms with Crippen LogP contribution in [-0.2, 0) is 13.1 Å². The maximum Gasteiger partial charge on any atom is 0.0964 e. The Balaban J connectivity index is 1.76. The second-order valence-corrected chi connectivity index (χ2v) is 6.39. The molecule has 0 radical (unpaired) electrons. The normalized spacial score (nSPS) is 21.2. The second kappa shape index (κ2) is 4.63. The van der Waals surface area contributed by atoms with Crippen molar-refractivity contribution in [2.24, 2.45) is 22.5 Å². The number of nitrogens with two attached hydrogens (primary N) is 1. The summed E-state index contributed by atoms with van der Waals surface area (Å²) in [5, 5.41) is 11.6. The Hall–Kier alpha value is -0.940. The first kappa shape index (κ1) is 13.5. The number of hydrogen-bond acceptors (Lipinski definition) is 4. The highest BCUT2D eigenvalue weighted by Crippen LogP contribution is 2.67. The quantitative estimate of drug-likeness (QED) is 0.791. The van der Waals surface area contributed by atoms with Crippen molar-refractivity contribution in [1.29, 1.82) is 0 Å². The Morgan fingerprint density at radius 3 is 2.56 bits per heavy atom. The highest BCUT2D eigenvalue weighted by atomic mass is 15.4. The highest BCUT2D eigenvalue weighted by molar-refractivity contribution is 5.12. The molecule has 18 heavy (non-hydrogen) atoms. The third-order valence-corrected chi connectivity index (χ3v) is 4.92. The van der Waals surface area contributed by atoms with Crippen LogP contribution < -0.4 is 11.1 Å². The summed E-state index contributed by atoms with van der Waals surface area (Å²) in [6.45, 7) is 12.5. The van der Waals surface area contributed by atoms with Crippen LogP contribution in [0, 0.1) is 16.7 Å². The topological polar surface area (TPSA) is 68.8 Å². The van der Waals surface area contributed by atoms with E-state index in [1.165, 1.54) is 0 Å². The van der Waals surface area contributed by atoms with E-state index in [1.807, 2.05) is 6.20 Å². The smallest absolute Gasteiger partial charge is 0.0964 e. The highest BCUT2D eigenvalue weighted by Gasteiger charge is 2.63. The van der Waals surface area contributed by atoms with E-state index in [2.05, 4.69) is 43.3 Å². The zero-order valence-electron chi connectivity index (χ0n) is 11.9. The van der Waals surface area contributed by atoms with Crippen LogP contribution in [0.15, 0.2) is 6.20 Å². The molecule has 1 aromatic heterocycles. The summed E-state index contributed by atoms with van der Waals surface area (Å²) in [5.74, 6) is 0.740. The van der Waals surface area contributed by atoms with Gasteiger partial charge in [-0.1, -0.05) is 32.9 Å². The molecule has 0 amide bonds. The first-order valence-corrected chi connectivity index (χ1v) is 6.69. The Morgan fingerprint density at radius 2 is 2.00 bits per heavy atom. The van der Waals surface area contributed by atoms with Crippen LogP contribution in [0.5, 0.6) is 0 Å². The van der Waals surface area contributed by atoms with Gasteiger partial charge in [-0.05, 0) is 23.3 Å². The summed E-state index contributed by atoms with van der Waals surface area (Å²) in [6.07, 6.45) is 1.96. The van der Waals surface area contributed by atoms with Crippen molar-refractivity contribution in [3.05, 3.63) is 11.9 Å². The number of aromatic nitrogens is 3. The van der Waals surface area contributed by atoms with E-state index in [0.717, 1.165) is 31.2 Å². The molecule has 0 atom stereocenters. The van der Waals surface area contributed by atoms with Gasteiger partial charge in [0.25, 0.3) is 0 Å². The summed E-state index contributed by atoms with van der Waals surface area (Å²) in [6, 6.07) is 0. The standard InChI is InChI=1S/C13H25N5/c1-12(2)11(13(12,3)4)8-15-7-10-9-18(6-5-14)17-16-10/h9,11,15H,5-8,14H2,1-4H3.